The maximum absolute atomic E-state index is 11.8. The first-order chi connectivity index (χ1) is 13.8. The quantitative estimate of drug-likeness (QED) is 0.578. The van der Waals surface area contributed by atoms with E-state index in [2.05, 4.69) is 15.6 Å². The second kappa shape index (κ2) is 8.74. The molecule has 148 valence electrons. The molecule has 2 amide bonds. The molecule has 2 aromatic carbocycles. The smallest absolute Gasteiger partial charge is 0.231 e. The molecule has 0 radical (unpaired) electrons. The maximum atomic E-state index is 11.8. The highest BCUT2D eigenvalue weighted by Crippen LogP contribution is 2.32. The number of carbonyl (C=O) groups excluding carboxylic acids is 4. The van der Waals surface area contributed by atoms with Gasteiger partial charge in [-0.1, -0.05) is 0 Å². The number of thiazole rings is 1. The summed E-state index contributed by atoms with van der Waals surface area (Å²) in [5.41, 5.74) is 2.82. The first kappa shape index (κ1) is 20.3. The van der Waals surface area contributed by atoms with Crippen molar-refractivity contribution in [2.24, 2.45) is 0 Å². The van der Waals surface area contributed by atoms with Gasteiger partial charge in [-0.25, -0.2) is 4.98 Å². The second-order valence-corrected chi connectivity index (χ2v) is 7.66. The molecule has 0 saturated heterocycles. The highest BCUT2D eigenvalue weighted by molar-refractivity contribution is 7.21. The number of nitrogens with one attached hydrogen (secondary N) is 2. The molecule has 0 unspecified atom stereocenters. The lowest BCUT2D eigenvalue weighted by Gasteiger charge is -2.04. The van der Waals surface area contributed by atoms with E-state index in [0.29, 0.717) is 11.4 Å². The Morgan fingerprint density at radius 2 is 1.38 bits per heavy atom. The molecule has 3 aromatic rings. The number of Topliss-reactive ketones (excluding diaryl/α,β-unsaturated/α-hetero) is 2. The van der Waals surface area contributed by atoms with E-state index in [-0.39, 0.29) is 36.2 Å². The molecule has 1 aromatic heterocycles. The van der Waals surface area contributed by atoms with Crippen LogP contribution in [-0.4, -0.2) is 28.4 Å². The van der Waals surface area contributed by atoms with Gasteiger partial charge in [-0.05, 0) is 56.3 Å². The summed E-state index contributed by atoms with van der Waals surface area (Å²) in [4.78, 5) is 50.1. The second-order valence-electron chi connectivity index (χ2n) is 6.63. The molecule has 0 spiro atoms. The zero-order valence-corrected chi connectivity index (χ0v) is 16.8. The molecule has 0 bridgehead atoms. The van der Waals surface area contributed by atoms with Crippen LogP contribution in [0.2, 0.25) is 0 Å². The fourth-order valence-corrected chi connectivity index (χ4v) is 3.64. The van der Waals surface area contributed by atoms with Crippen LogP contribution in [-0.2, 0) is 19.2 Å². The number of carbonyl (C=O) groups is 4. The summed E-state index contributed by atoms with van der Waals surface area (Å²) < 4.78 is 0.961. The van der Waals surface area contributed by atoms with Crippen molar-refractivity contribution in [2.45, 2.75) is 26.7 Å². The van der Waals surface area contributed by atoms with Crippen molar-refractivity contribution in [1.29, 1.82) is 0 Å². The van der Waals surface area contributed by atoms with Crippen molar-refractivity contribution in [3.8, 4) is 10.6 Å². The molecule has 3 rings (SSSR count). The number of rotatable bonds is 7. The molecule has 7 nitrogen and oxygen atoms in total. The molecule has 0 aliphatic heterocycles. The minimum absolute atomic E-state index is 0.148. The van der Waals surface area contributed by atoms with Gasteiger partial charge in [0, 0.05) is 16.9 Å². The van der Waals surface area contributed by atoms with E-state index >= 15 is 0 Å². The van der Waals surface area contributed by atoms with Gasteiger partial charge in [0.05, 0.1) is 23.1 Å². The molecule has 0 aliphatic carbocycles. The molecular weight excluding hydrogens is 390 g/mol. The zero-order valence-electron chi connectivity index (χ0n) is 15.9. The maximum Gasteiger partial charge on any atom is 0.231 e. The number of nitrogens with zero attached hydrogens (tertiary/aromatic N) is 1. The summed E-state index contributed by atoms with van der Waals surface area (Å²) in [5, 5.41) is 6.17. The fourth-order valence-electron chi connectivity index (χ4n) is 2.69. The van der Waals surface area contributed by atoms with Crippen molar-refractivity contribution in [3.63, 3.8) is 0 Å². The van der Waals surface area contributed by atoms with E-state index in [9.17, 15) is 19.2 Å². The first-order valence-electron chi connectivity index (χ1n) is 8.90. The average Bonchev–Trinajstić information content (AvgIpc) is 3.04. The van der Waals surface area contributed by atoms with Crippen LogP contribution in [0, 0.1) is 0 Å². The fraction of sp³-hybridized carbons (Fsp3) is 0.190. The van der Waals surface area contributed by atoms with Gasteiger partial charge in [0.15, 0.2) is 0 Å². The van der Waals surface area contributed by atoms with E-state index in [0.717, 1.165) is 20.8 Å². The molecule has 0 atom stereocenters. The normalized spacial score (nSPS) is 10.6. The lowest BCUT2D eigenvalue weighted by atomic mass is 10.2. The Hall–Kier alpha value is -3.39. The molecule has 8 heteroatoms. The van der Waals surface area contributed by atoms with E-state index in [4.69, 9.17) is 0 Å². The third-order valence-corrected chi connectivity index (χ3v) is 4.99. The summed E-state index contributed by atoms with van der Waals surface area (Å²) in [6.45, 7) is 2.74. The van der Waals surface area contributed by atoms with Crippen LogP contribution in [0.5, 0.6) is 0 Å². The van der Waals surface area contributed by atoms with E-state index in [1.165, 1.54) is 25.2 Å². The first-order valence-corrected chi connectivity index (χ1v) is 9.71. The third kappa shape index (κ3) is 5.55. The highest BCUT2D eigenvalue weighted by Gasteiger charge is 2.10. The third-order valence-electron chi connectivity index (χ3n) is 3.91. The minimum Gasteiger partial charge on any atom is -0.326 e. The van der Waals surface area contributed by atoms with Crippen LogP contribution in [0.4, 0.5) is 11.4 Å². The van der Waals surface area contributed by atoms with E-state index in [1.54, 1.807) is 24.3 Å². The van der Waals surface area contributed by atoms with Crippen molar-refractivity contribution >= 4 is 56.3 Å². The molecule has 0 fully saturated rings. The Balaban J connectivity index is 1.74. The number of benzene rings is 2. The number of aromatic nitrogens is 1. The SMILES string of the molecule is CC(=O)CC(=O)Nc1ccc(-c2nc3cc(NC(=O)CC(C)=O)ccc3s2)cc1. The van der Waals surface area contributed by atoms with Gasteiger partial charge in [-0.15, -0.1) is 11.3 Å². The van der Waals surface area contributed by atoms with Crippen LogP contribution in [0.3, 0.4) is 0 Å². The van der Waals surface area contributed by atoms with E-state index < -0.39 is 0 Å². The predicted octanol–water partition coefficient (Wildman–Crippen LogP) is 3.80. The van der Waals surface area contributed by atoms with Gasteiger partial charge >= 0.3 is 0 Å². The van der Waals surface area contributed by atoms with Gasteiger partial charge in [-0.3, -0.25) is 19.2 Å². The van der Waals surface area contributed by atoms with Gasteiger partial charge in [0.2, 0.25) is 11.8 Å². The summed E-state index contributed by atoms with van der Waals surface area (Å²) in [6, 6.07) is 12.6. The van der Waals surface area contributed by atoms with Gasteiger partial charge in [-0.2, -0.15) is 0 Å². The van der Waals surface area contributed by atoms with Gasteiger partial charge < -0.3 is 10.6 Å². The van der Waals surface area contributed by atoms with Gasteiger partial charge in [0.1, 0.15) is 16.6 Å². The molecule has 0 aliphatic rings. The van der Waals surface area contributed by atoms with Crippen molar-refractivity contribution in [3.05, 3.63) is 42.5 Å². The number of anilines is 2. The van der Waals surface area contributed by atoms with Crippen LogP contribution in [0.1, 0.15) is 26.7 Å². The molecule has 0 saturated carbocycles. The summed E-state index contributed by atoms with van der Waals surface area (Å²) in [7, 11) is 0. The van der Waals surface area contributed by atoms with Crippen LogP contribution in [0.15, 0.2) is 42.5 Å². The Labute approximate surface area is 171 Å². The topological polar surface area (TPSA) is 105 Å². The number of hydrogen-bond donors (Lipinski definition) is 2. The van der Waals surface area contributed by atoms with Gasteiger partial charge in [0.25, 0.3) is 0 Å². The Bertz CT molecular complexity index is 1100. The standard InChI is InChI=1S/C21H19N3O4S/c1-12(25)9-19(27)22-15-5-3-14(4-6-15)21-24-17-11-16(7-8-18(17)29-21)23-20(28)10-13(2)26/h3-8,11H,9-10H2,1-2H3,(H,22,27)(H,23,28). The summed E-state index contributed by atoms with van der Waals surface area (Å²) >= 11 is 1.51. The van der Waals surface area contributed by atoms with Crippen molar-refractivity contribution in [2.75, 3.05) is 10.6 Å². The van der Waals surface area contributed by atoms with Crippen molar-refractivity contribution < 1.29 is 19.2 Å². The summed E-state index contributed by atoms with van der Waals surface area (Å²) in [6.07, 6.45) is -0.305. The molecule has 1 heterocycles. The van der Waals surface area contributed by atoms with Crippen LogP contribution >= 0.6 is 11.3 Å². The average molecular weight is 409 g/mol. The number of hydrogen-bond acceptors (Lipinski definition) is 6. The molecule has 2 N–H and O–H groups in total. The molecule has 29 heavy (non-hydrogen) atoms. The van der Waals surface area contributed by atoms with Crippen molar-refractivity contribution in [1.82, 2.24) is 4.98 Å². The number of ketones is 2. The lowest BCUT2D eigenvalue weighted by molar-refractivity contribution is -0.125. The monoisotopic (exact) mass is 409 g/mol. The largest absolute Gasteiger partial charge is 0.326 e. The Kier molecular flexibility index (Phi) is 6.13. The zero-order chi connectivity index (χ0) is 21.0. The Morgan fingerprint density at radius 1 is 0.828 bits per heavy atom. The lowest BCUT2D eigenvalue weighted by Crippen LogP contribution is -2.14. The predicted molar refractivity (Wildman–Crippen MR) is 113 cm³/mol. The van der Waals surface area contributed by atoms with E-state index in [1.807, 2.05) is 18.2 Å². The Morgan fingerprint density at radius 3 is 1.97 bits per heavy atom. The highest BCUT2D eigenvalue weighted by atomic mass is 32.1. The summed E-state index contributed by atoms with van der Waals surface area (Å²) in [5.74, 6) is -1.08. The number of fused-ring (bicyclic) bond motifs is 1. The van der Waals surface area contributed by atoms with Crippen LogP contribution in [0.25, 0.3) is 20.8 Å². The molecular formula is C21H19N3O4S. The van der Waals surface area contributed by atoms with Crippen LogP contribution < -0.4 is 10.6 Å². The number of amides is 2. The minimum atomic E-state index is -0.352.